The zero-order chi connectivity index (χ0) is 9.97. The molecule has 0 aromatic heterocycles. The molecule has 2 aliphatic rings. The highest BCUT2D eigenvalue weighted by Crippen LogP contribution is 2.32. The third-order valence-corrected chi connectivity index (χ3v) is 4.31. The quantitative estimate of drug-likeness (QED) is 0.762. The number of hydrogen-bond acceptors (Lipinski definition) is 3. The van der Waals surface area contributed by atoms with Crippen LogP contribution in [0.15, 0.2) is 0 Å². The third kappa shape index (κ3) is 2.06. The van der Waals surface area contributed by atoms with E-state index in [1.165, 1.54) is 25.0 Å². The molecule has 1 N–H and O–H groups in total. The second kappa shape index (κ2) is 4.53. The van der Waals surface area contributed by atoms with E-state index in [2.05, 4.69) is 12.2 Å². The maximum Gasteiger partial charge on any atom is 0.237 e. The summed E-state index contributed by atoms with van der Waals surface area (Å²) >= 11 is 2.04. The summed E-state index contributed by atoms with van der Waals surface area (Å²) in [6.45, 7) is 3.52. The van der Waals surface area contributed by atoms with Crippen LogP contribution in [0.5, 0.6) is 0 Å². The molecule has 2 rings (SSSR count). The molecule has 2 atom stereocenters. The molecule has 1 amide bonds. The molecule has 0 radical (unpaired) electrons. The average molecular weight is 214 g/mol. The number of hydrogen-bond donors (Lipinski definition) is 1. The number of nitrogens with one attached hydrogen (secondary N) is 1. The predicted octanol–water partition coefficient (Wildman–Crippen LogP) is 1.05. The minimum Gasteiger partial charge on any atom is -0.326 e. The molecular weight excluding hydrogens is 196 g/mol. The van der Waals surface area contributed by atoms with E-state index in [1.54, 1.807) is 0 Å². The Hall–Kier alpha value is -0.220. The van der Waals surface area contributed by atoms with E-state index < -0.39 is 0 Å². The van der Waals surface area contributed by atoms with E-state index in [9.17, 15) is 4.79 Å². The normalized spacial score (nSPS) is 32.9. The van der Waals surface area contributed by atoms with Gasteiger partial charge in [0.1, 0.15) is 0 Å². The van der Waals surface area contributed by atoms with Crippen LogP contribution >= 0.6 is 11.8 Å². The lowest BCUT2D eigenvalue weighted by atomic mass is 10.2. The maximum atomic E-state index is 11.5. The van der Waals surface area contributed by atoms with Gasteiger partial charge in [0, 0.05) is 11.3 Å². The molecule has 4 heteroatoms. The Morgan fingerprint density at radius 1 is 1.57 bits per heavy atom. The molecule has 1 heterocycles. The van der Waals surface area contributed by atoms with Crippen LogP contribution in [0.4, 0.5) is 0 Å². The van der Waals surface area contributed by atoms with Gasteiger partial charge in [0.05, 0.1) is 13.2 Å². The van der Waals surface area contributed by atoms with Gasteiger partial charge in [0.2, 0.25) is 5.91 Å². The molecule has 2 unspecified atom stereocenters. The summed E-state index contributed by atoms with van der Waals surface area (Å²) in [5, 5.41) is 3.91. The molecule has 1 aliphatic heterocycles. The predicted molar refractivity (Wildman–Crippen MR) is 59.3 cm³/mol. The fraction of sp³-hybridized carbons (Fsp3) is 0.900. The van der Waals surface area contributed by atoms with Crippen molar-refractivity contribution >= 4 is 17.7 Å². The first-order valence-electron chi connectivity index (χ1n) is 5.43. The van der Waals surface area contributed by atoms with E-state index in [-0.39, 0.29) is 5.91 Å². The van der Waals surface area contributed by atoms with Crippen LogP contribution in [0, 0.1) is 0 Å². The van der Waals surface area contributed by atoms with Crippen LogP contribution < -0.4 is 5.32 Å². The fourth-order valence-corrected chi connectivity index (χ4v) is 3.53. The first-order valence-corrected chi connectivity index (χ1v) is 6.48. The van der Waals surface area contributed by atoms with Crippen molar-refractivity contribution in [1.29, 1.82) is 0 Å². The highest BCUT2D eigenvalue weighted by atomic mass is 32.2. The van der Waals surface area contributed by atoms with Gasteiger partial charge >= 0.3 is 0 Å². The molecule has 1 aliphatic carbocycles. The van der Waals surface area contributed by atoms with Crippen molar-refractivity contribution in [3.63, 3.8) is 0 Å². The van der Waals surface area contributed by atoms with Crippen molar-refractivity contribution in [1.82, 2.24) is 10.2 Å². The molecular formula is C10H18N2OS. The minimum absolute atomic E-state index is 0.289. The molecule has 0 aromatic carbocycles. The van der Waals surface area contributed by atoms with Crippen LogP contribution in [0.3, 0.4) is 0 Å². The van der Waals surface area contributed by atoms with Gasteiger partial charge in [0.25, 0.3) is 0 Å². The van der Waals surface area contributed by atoms with Crippen LogP contribution in [-0.4, -0.2) is 41.1 Å². The van der Waals surface area contributed by atoms with E-state index in [0.717, 1.165) is 11.9 Å². The van der Waals surface area contributed by atoms with Gasteiger partial charge in [-0.25, -0.2) is 0 Å². The zero-order valence-electron chi connectivity index (χ0n) is 8.66. The van der Waals surface area contributed by atoms with Gasteiger partial charge in [-0.15, -0.1) is 0 Å². The van der Waals surface area contributed by atoms with E-state index in [1.807, 2.05) is 16.7 Å². The van der Waals surface area contributed by atoms with Crippen molar-refractivity contribution < 1.29 is 4.79 Å². The second-order valence-electron chi connectivity index (χ2n) is 3.99. The Kier molecular flexibility index (Phi) is 3.34. The lowest BCUT2D eigenvalue weighted by Crippen LogP contribution is -2.35. The summed E-state index contributed by atoms with van der Waals surface area (Å²) in [7, 11) is 0. The number of amides is 1. The molecule has 3 nitrogen and oxygen atoms in total. The Morgan fingerprint density at radius 2 is 2.43 bits per heavy atom. The minimum atomic E-state index is 0.289. The first-order chi connectivity index (χ1) is 6.81. The van der Waals surface area contributed by atoms with Gasteiger partial charge in [-0.2, -0.15) is 11.8 Å². The topological polar surface area (TPSA) is 32.3 Å². The van der Waals surface area contributed by atoms with Crippen molar-refractivity contribution in [3.8, 4) is 0 Å². The zero-order valence-corrected chi connectivity index (χ0v) is 9.48. The summed E-state index contributed by atoms with van der Waals surface area (Å²) < 4.78 is 0. The standard InChI is InChI=1S/C10H18N2OS/c1-2-14-9-4-3-8(5-9)12-7-11-6-10(12)13/h8-9,11H,2-7H2,1H3. The molecule has 1 saturated carbocycles. The van der Waals surface area contributed by atoms with Gasteiger partial charge in [-0.3, -0.25) is 10.1 Å². The molecule has 2 fully saturated rings. The van der Waals surface area contributed by atoms with Gasteiger partial charge < -0.3 is 4.90 Å². The number of thioether (sulfide) groups is 1. The molecule has 0 spiro atoms. The lowest BCUT2D eigenvalue weighted by Gasteiger charge is -2.22. The highest BCUT2D eigenvalue weighted by Gasteiger charge is 2.33. The SMILES string of the molecule is CCSC1CCC(N2CNCC2=O)C1. The monoisotopic (exact) mass is 214 g/mol. The summed E-state index contributed by atoms with van der Waals surface area (Å²) in [5.41, 5.74) is 0. The first kappa shape index (κ1) is 10.3. The molecule has 1 saturated heterocycles. The van der Waals surface area contributed by atoms with Crippen molar-refractivity contribution in [2.75, 3.05) is 19.0 Å². The number of nitrogens with zero attached hydrogens (tertiary/aromatic N) is 1. The van der Waals surface area contributed by atoms with E-state index >= 15 is 0 Å². The summed E-state index contributed by atoms with van der Waals surface area (Å²) in [6.07, 6.45) is 3.68. The Morgan fingerprint density at radius 3 is 3.07 bits per heavy atom. The molecule has 0 aromatic rings. The number of rotatable bonds is 3. The second-order valence-corrected chi connectivity index (χ2v) is 5.57. The van der Waals surface area contributed by atoms with Gasteiger partial charge in [0.15, 0.2) is 0 Å². The summed E-state index contributed by atoms with van der Waals surface area (Å²) in [5.74, 6) is 1.49. The van der Waals surface area contributed by atoms with E-state index in [4.69, 9.17) is 0 Å². The Balaban J connectivity index is 1.85. The third-order valence-electron chi connectivity index (χ3n) is 3.08. The van der Waals surface area contributed by atoms with Gasteiger partial charge in [-0.05, 0) is 25.0 Å². The van der Waals surface area contributed by atoms with Gasteiger partial charge in [-0.1, -0.05) is 6.92 Å². The molecule has 14 heavy (non-hydrogen) atoms. The summed E-state index contributed by atoms with van der Waals surface area (Å²) in [6, 6.07) is 0.515. The van der Waals surface area contributed by atoms with Crippen LogP contribution in [0.2, 0.25) is 0 Å². The average Bonchev–Trinajstić information content (AvgIpc) is 2.74. The molecule has 80 valence electrons. The Labute approximate surface area is 89.6 Å². The van der Waals surface area contributed by atoms with Crippen molar-refractivity contribution in [2.45, 2.75) is 37.5 Å². The summed E-state index contributed by atoms with van der Waals surface area (Å²) in [4.78, 5) is 13.5. The fourth-order valence-electron chi connectivity index (χ4n) is 2.39. The molecule has 0 bridgehead atoms. The number of carbonyl (C=O) groups excluding carboxylic acids is 1. The highest BCUT2D eigenvalue weighted by molar-refractivity contribution is 7.99. The largest absolute Gasteiger partial charge is 0.326 e. The van der Waals surface area contributed by atoms with Crippen LogP contribution in [0.25, 0.3) is 0 Å². The van der Waals surface area contributed by atoms with Crippen molar-refractivity contribution in [2.24, 2.45) is 0 Å². The van der Waals surface area contributed by atoms with Crippen molar-refractivity contribution in [3.05, 3.63) is 0 Å². The number of carbonyl (C=O) groups is 1. The van der Waals surface area contributed by atoms with Crippen LogP contribution in [-0.2, 0) is 4.79 Å². The lowest BCUT2D eigenvalue weighted by molar-refractivity contribution is -0.128. The van der Waals surface area contributed by atoms with Crippen LogP contribution in [0.1, 0.15) is 26.2 Å². The maximum absolute atomic E-state index is 11.5. The Bertz CT molecular complexity index is 222. The van der Waals surface area contributed by atoms with E-state index in [0.29, 0.717) is 12.6 Å². The smallest absolute Gasteiger partial charge is 0.237 e.